The van der Waals surface area contributed by atoms with Crippen molar-refractivity contribution in [1.29, 1.82) is 0 Å². The monoisotopic (exact) mass is 1270 g/mol. The van der Waals surface area contributed by atoms with Crippen LogP contribution < -0.4 is 26.2 Å². The lowest BCUT2D eigenvalue weighted by atomic mass is 9.33. The maximum atomic E-state index is 5.97. The summed E-state index contributed by atoms with van der Waals surface area (Å²) < 4.78 is 0. The lowest BCUT2D eigenvalue weighted by Gasteiger charge is -2.45. The molecule has 3 heterocycles. The Hall–Kier alpha value is -11.4. The van der Waals surface area contributed by atoms with Crippen molar-refractivity contribution >= 4 is 57.2 Å². The summed E-state index contributed by atoms with van der Waals surface area (Å²) in [4.78, 5) is 17.0. The number of hydrogen-bond donors (Lipinski definition) is 0. The highest BCUT2D eigenvalue weighted by Crippen LogP contribution is 2.50. The van der Waals surface area contributed by atoms with Crippen molar-refractivity contribution in [3.05, 3.63) is 333 Å². The fraction of sp³-hybridized carbons (Fsp3) is 0.128. The Kier molecular flexibility index (Phi) is 15.9. The number of nitrogens with zero attached hydrogens (tertiary/aromatic N) is 4. The highest BCUT2D eigenvalue weighted by Gasteiger charge is 2.44. The van der Waals surface area contributed by atoms with E-state index in [1.807, 2.05) is 0 Å². The van der Waals surface area contributed by atoms with E-state index in [9.17, 15) is 0 Å². The van der Waals surface area contributed by atoms with Gasteiger partial charge in [-0.05, 0) is 223 Å². The van der Waals surface area contributed by atoms with Crippen molar-refractivity contribution in [3.8, 4) is 101 Å². The molecule has 2 saturated carbocycles. The standard InChI is InChI=1S/C94H75BN4/c1-9-25-64(26-10-1)72-41-47-83(48-42-72)98-89-59-74(66-29-13-3-14-30-66)45-51-85(89)95-86-52-46-75(67-31-15-4-16-32-67)60-90(86)99(84-49-43-73(44-50-84)65-27-11-2-12-28-65)92-62-81(61-91(98)93(92)95)88-63-87(80-55-76(68-33-17-5-18-34-68)53-77(56-80)69-35-19-6-20-36-69)96-94(97-88)82-57-78(70-37-21-7-22-38-70)54-79(58-82)71-39-23-8-24-40-71/h1-2,5-12,17-28,33-63,66-67H,3-4,13-16,29-32H2. The van der Waals surface area contributed by atoms with Crippen LogP contribution in [0.1, 0.15) is 87.2 Å². The Balaban J connectivity index is 0.932. The smallest absolute Gasteiger partial charge is 0.252 e. The van der Waals surface area contributed by atoms with Crippen molar-refractivity contribution in [1.82, 2.24) is 9.97 Å². The Morgan fingerprint density at radius 1 is 0.242 bits per heavy atom. The molecule has 2 fully saturated rings. The molecule has 0 N–H and O–H groups in total. The molecule has 5 heteroatoms. The molecule has 13 aromatic carbocycles. The maximum absolute atomic E-state index is 5.97. The number of aromatic nitrogens is 2. The minimum absolute atomic E-state index is 0.0691. The zero-order chi connectivity index (χ0) is 65.6. The molecule has 4 aliphatic rings. The molecular weight excluding hydrogens is 1200 g/mol. The Bertz CT molecular complexity index is 4810. The minimum atomic E-state index is -0.0691. The molecule has 1 aromatic heterocycles. The predicted molar refractivity (Wildman–Crippen MR) is 417 cm³/mol. The molecule has 14 aromatic rings. The average Bonchev–Trinajstić information content (AvgIpc) is 0.695. The van der Waals surface area contributed by atoms with Gasteiger partial charge in [-0.25, -0.2) is 9.97 Å². The van der Waals surface area contributed by atoms with Gasteiger partial charge in [-0.2, -0.15) is 0 Å². The molecule has 0 atom stereocenters. The van der Waals surface area contributed by atoms with E-state index in [1.54, 1.807) is 0 Å². The first-order valence-electron chi connectivity index (χ1n) is 35.8. The van der Waals surface area contributed by atoms with Gasteiger partial charge in [-0.1, -0.05) is 269 Å². The maximum Gasteiger partial charge on any atom is 0.252 e. The molecule has 2 aliphatic heterocycles. The van der Waals surface area contributed by atoms with Gasteiger partial charge in [0.05, 0.1) is 11.4 Å². The van der Waals surface area contributed by atoms with Gasteiger partial charge >= 0.3 is 0 Å². The quantitative estimate of drug-likeness (QED) is 0.108. The van der Waals surface area contributed by atoms with Crippen LogP contribution in [0.15, 0.2) is 322 Å². The Morgan fingerprint density at radius 3 is 0.899 bits per heavy atom. The fourth-order valence-corrected chi connectivity index (χ4v) is 16.6. The van der Waals surface area contributed by atoms with Crippen molar-refractivity contribution in [2.45, 2.75) is 76.0 Å². The fourth-order valence-electron chi connectivity index (χ4n) is 16.6. The summed E-state index contributed by atoms with van der Waals surface area (Å²) in [6.07, 6.45) is 12.5. The van der Waals surface area contributed by atoms with Crippen LogP contribution in [0.25, 0.3) is 101 Å². The van der Waals surface area contributed by atoms with Crippen LogP contribution in [-0.4, -0.2) is 16.7 Å². The van der Waals surface area contributed by atoms with E-state index in [0.29, 0.717) is 17.7 Å². The highest BCUT2D eigenvalue weighted by molar-refractivity contribution is 7.00. The zero-order valence-corrected chi connectivity index (χ0v) is 55.7. The molecule has 0 bridgehead atoms. The SMILES string of the molecule is c1ccc(-c2ccc(N3c4cc(C5CCCCC5)ccc4B4c5ccc(C6CCCCC6)cc5N(c5ccc(-c6ccccc6)cc5)c5cc(-c6cc(-c7cc(-c8ccccc8)cc(-c8ccccc8)c7)nc(-c7cc(-c8ccccc8)cc(-c8ccccc8)c7)n6)cc3c54)cc2)cc1. The third-order valence-electron chi connectivity index (χ3n) is 21.6. The van der Waals surface area contributed by atoms with Crippen molar-refractivity contribution in [2.75, 3.05) is 9.80 Å². The largest absolute Gasteiger partial charge is 0.311 e. The molecule has 4 nitrogen and oxygen atoms in total. The van der Waals surface area contributed by atoms with Gasteiger partial charge in [0.2, 0.25) is 0 Å². The molecule has 0 unspecified atom stereocenters. The van der Waals surface area contributed by atoms with Crippen LogP contribution in [0.4, 0.5) is 34.1 Å². The van der Waals surface area contributed by atoms with Crippen LogP contribution in [-0.2, 0) is 0 Å². The van der Waals surface area contributed by atoms with Crippen LogP contribution in [0.3, 0.4) is 0 Å². The lowest BCUT2D eigenvalue weighted by Crippen LogP contribution is -2.61. The second-order valence-electron chi connectivity index (χ2n) is 27.7. The van der Waals surface area contributed by atoms with Gasteiger partial charge in [-0.3, -0.25) is 0 Å². The van der Waals surface area contributed by atoms with Crippen LogP contribution in [0.5, 0.6) is 0 Å². The van der Waals surface area contributed by atoms with Gasteiger partial charge in [0.25, 0.3) is 6.71 Å². The first-order valence-corrected chi connectivity index (χ1v) is 35.8. The summed E-state index contributed by atoms with van der Waals surface area (Å²) in [5.41, 5.74) is 32.3. The molecular formula is C94H75BN4. The summed E-state index contributed by atoms with van der Waals surface area (Å²) in [6, 6.07) is 120. The molecule has 0 saturated heterocycles. The van der Waals surface area contributed by atoms with Gasteiger partial charge in [0.15, 0.2) is 5.82 Å². The van der Waals surface area contributed by atoms with E-state index in [0.717, 1.165) is 95.3 Å². The Labute approximate surface area is 582 Å². The lowest BCUT2D eigenvalue weighted by molar-refractivity contribution is 0.444. The van der Waals surface area contributed by atoms with Crippen LogP contribution in [0, 0.1) is 0 Å². The van der Waals surface area contributed by atoms with E-state index < -0.39 is 0 Å². The summed E-state index contributed by atoms with van der Waals surface area (Å²) in [5, 5.41) is 0. The third-order valence-corrected chi connectivity index (χ3v) is 21.6. The van der Waals surface area contributed by atoms with Gasteiger partial charge in [-0.15, -0.1) is 0 Å². The van der Waals surface area contributed by atoms with E-state index in [1.165, 1.54) is 125 Å². The summed E-state index contributed by atoms with van der Waals surface area (Å²) in [5.74, 6) is 1.66. The van der Waals surface area contributed by atoms with E-state index >= 15 is 0 Å². The first kappa shape index (κ1) is 60.0. The van der Waals surface area contributed by atoms with Gasteiger partial charge in [0, 0.05) is 50.8 Å². The van der Waals surface area contributed by atoms with E-state index in [4.69, 9.17) is 9.97 Å². The molecule has 0 radical (unpaired) electrons. The third kappa shape index (κ3) is 11.7. The van der Waals surface area contributed by atoms with Crippen LogP contribution >= 0.6 is 0 Å². The summed E-state index contributed by atoms with van der Waals surface area (Å²) in [6.45, 7) is -0.0691. The normalized spacial score (nSPS) is 14.3. The highest BCUT2D eigenvalue weighted by atomic mass is 15.2. The predicted octanol–water partition coefficient (Wildman–Crippen LogP) is 23.7. The number of anilines is 6. The van der Waals surface area contributed by atoms with Gasteiger partial charge in [0.1, 0.15) is 0 Å². The minimum Gasteiger partial charge on any atom is -0.311 e. The zero-order valence-electron chi connectivity index (χ0n) is 55.7. The van der Waals surface area contributed by atoms with Gasteiger partial charge < -0.3 is 9.80 Å². The molecule has 99 heavy (non-hydrogen) atoms. The number of benzene rings is 13. The average molecular weight is 1270 g/mol. The molecule has 0 spiro atoms. The Morgan fingerprint density at radius 2 is 0.545 bits per heavy atom. The van der Waals surface area contributed by atoms with Crippen LogP contribution in [0.2, 0.25) is 0 Å². The summed E-state index contributed by atoms with van der Waals surface area (Å²) in [7, 11) is 0. The molecule has 474 valence electrons. The number of rotatable bonds is 13. The van der Waals surface area contributed by atoms with E-state index in [2.05, 4.69) is 331 Å². The molecule has 2 aliphatic carbocycles. The number of fused-ring (bicyclic) bond motifs is 4. The molecule has 0 amide bonds. The molecule has 18 rings (SSSR count). The topological polar surface area (TPSA) is 32.3 Å². The summed E-state index contributed by atoms with van der Waals surface area (Å²) >= 11 is 0. The van der Waals surface area contributed by atoms with Crippen molar-refractivity contribution in [3.63, 3.8) is 0 Å². The van der Waals surface area contributed by atoms with Crippen molar-refractivity contribution < 1.29 is 0 Å². The number of hydrogen-bond acceptors (Lipinski definition) is 4. The van der Waals surface area contributed by atoms with Crippen molar-refractivity contribution in [2.24, 2.45) is 0 Å². The van der Waals surface area contributed by atoms with E-state index in [-0.39, 0.29) is 6.71 Å². The first-order chi connectivity index (χ1) is 49.0. The second-order valence-corrected chi connectivity index (χ2v) is 27.7. The second kappa shape index (κ2) is 26.2.